The lowest BCUT2D eigenvalue weighted by molar-refractivity contribution is -0.127. The fraction of sp³-hybridized carbons (Fsp3) is 0.909. The van der Waals surface area contributed by atoms with Crippen LogP contribution in [0.4, 0.5) is 0 Å². The number of allylic oxidation sites excluding steroid dienone is 2. The van der Waals surface area contributed by atoms with Crippen molar-refractivity contribution in [2.75, 3.05) is 0 Å². The Morgan fingerprint density at radius 3 is 1.27 bits per heavy atom. The Morgan fingerprint density at radius 2 is 0.878 bits per heavy atom. The summed E-state index contributed by atoms with van der Waals surface area (Å²) >= 11 is 0. The topological polar surface area (TPSA) is 52.6 Å². The molecular formula is C44H70O4S. The molecule has 0 bridgehead atoms. The molecule has 16 atom stereocenters. The van der Waals surface area contributed by atoms with Gasteiger partial charge in [0.25, 0.3) is 0 Å². The highest BCUT2D eigenvalue weighted by Crippen LogP contribution is 2.70. The van der Waals surface area contributed by atoms with E-state index in [1.54, 1.807) is 0 Å². The molecule has 0 aromatic carbocycles. The normalized spacial score (nSPS) is 53.7. The van der Waals surface area contributed by atoms with Crippen molar-refractivity contribution < 1.29 is 16.8 Å². The van der Waals surface area contributed by atoms with E-state index in [1.165, 1.54) is 88.2 Å². The summed E-state index contributed by atoms with van der Waals surface area (Å²) in [5.74, 6) is 7.34. The van der Waals surface area contributed by atoms with Crippen LogP contribution in [0.25, 0.3) is 0 Å². The second-order valence-electron chi connectivity index (χ2n) is 20.7. The third kappa shape index (κ3) is 5.48. The van der Waals surface area contributed by atoms with Crippen LogP contribution in [0, 0.1) is 80.8 Å². The maximum Gasteiger partial charge on any atom is 0.400 e. The van der Waals surface area contributed by atoms with Crippen LogP contribution >= 0.6 is 0 Å². The molecule has 0 aliphatic heterocycles. The Kier molecular flexibility index (Phi) is 8.80. The molecule has 8 fully saturated rings. The molecule has 0 saturated heterocycles. The molecule has 16 unspecified atom stereocenters. The first-order valence-electron chi connectivity index (χ1n) is 21.0. The maximum absolute atomic E-state index is 13.5. The molecule has 276 valence electrons. The molecule has 0 aromatic heterocycles. The molecule has 0 radical (unpaired) electrons. The average Bonchev–Trinajstić information content (AvgIpc) is 3.58. The Balaban J connectivity index is 0.870. The van der Waals surface area contributed by atoms with Gasteiger partial charge in [-0.2, -0.15) is 8.42 Å². The van der Waals surface area contributed by atoms with Gasteiger partial charge in [-0.1, -0.05) is 52.0 Å². The molecule has 0 spiro atoms. The summed E-state index contributed by atoms with van der Waals surface area (Å²) in [6.07, 6.45) is 20.9. The lowest BCUT2D eigenvalue weighted by atomic mass is 9.44. The molecule has 49 heavy (non-hydrogen) atoms. The van der Waals surface area contributed by atoms with Crippen LogP contribution in [0.2, 0.25) is 0 Å². The highest BCUT2D eigenvalue weighted by Gasteiger charge is 2.62. The molecule has 8 aliphatic rings. The first kappa shape index (κ1) is 35.4. The van der Waals surface area contributed by atoms with Crippen molar-refractivity contribution >= 4 is 10.4 Å². The molecule has 5 heteroatoms. The van der Waals surface area contributed by atoms with E-state index in [1.807, 2.05) is 0 Å². The van der Waals surface area contributed by atoms with Gasteiger partial charge < -0.3 is 0 Å². The van der Waals surface area contributed by atoms with Crippen molar-refractivity contribution in [2.45, 2.75) is 169 Å². The minimum atomic E-state index is -4.03. The molecule has 4 nitrogen and oxygen atoms in total. The first-order valence-corrected chi connectivity index (χ1v) is 22.3. The van der Waals surface area contributed by atoms with Crippen LogP contribution in [0.5, 0.6) is 0 Å². The van der Waals surface area contributed by atoms with Crippen LogP contribution < -0.4 is 0 Å². The highest BCUT2D eigenvalue weighted by molar-refractivity contribution is 7.81. The van der Waals surface area contributed by atoms with E-state index in [9.17, 15) is 8.42 Å². The minimum absolute atomic E-state index is 0.233. The molecule has 8 aliphatic carbocycles. The summed E-state index contributed by atoms with van der Waals surface area (Å²) < 4.78 is 39.1. The lowest BCUT2D eigenvalue weighted by Gasteiger charge is -2.61. The number of hydrogen-bond acceptors (Lipinski definition) is 4. The third-order valence-corrected chi connectivity index (χ3v) is 19.9. The van der Waals surface area contributed by atoms with Crippen molar-refractivity contribution in [3.8, 4) is 0 Å². The van der Waals surface area contributed by atoms with E-state index < -0.39 is 10.4 Å². The molecule has 0 N–H and O–H groups in total. The number of fused-ring (bicyclic) bond motifs is 10. The lowest BCUT2D eigenvalue weighted by Crippen LogP contribution is -2.54. The summed E-state index contributed by atoms with van der Waals surface area (Å²) in [5, 5.41) is 0. The van der Waals surface area contributed by atoms with Crippen molar-refractivity contribution in [3.63, 3.8) is 0 Å². The third-order valence-electron chi connectivity index (χ3n) is 18.9. The fourth-order valence-corrected chi connectivity index (χ4v) is 17.6. The van der Waals surface area contributed by atoms with Crippen molar-refractivity contribution in [1.82, 2.24) is 0 Å². The van der Waals surface area contributed by atoms with Crippen LogP contribution in [0.1, 0.15) is 157 Å². The second kappa shape index (κ2) is 12.2. The van der Waals surface area contributed by atoms with Gasteiger partial charge in [0.05, 0.1) is 12.2 Å². The fourth-order valence-electron chi connectivity index (χ4n) is 16.6. The van der Waals surface area contributed by atoms with Crippen LogP contribution in [-0.4, -0.2) is 20.6 Å². The van der Waals surface area contributed by atoms with E-state index in [2.05, 4.69) is 54.7 Å². The predicted molar refractivity (Wildman–Crippen MR) is 199 cm³/mol. The van der Waals surface area contributed by atoms with E-state index >= 15 is 0 Å². The molecular weight excluding hydrogens is 625 g/mol. The summed E-state index contributed by atoms with van der Waals surface area (Å²) in [5.41, 5.74) is 4.28. The van der Waals surface area contributed by atoms with Gasteiger partial charge in [-0.15, -0.1) is 0 Å². The number of rotatable bonds is 6. The summed E-state index contributed by atoms with van der Waals surface area (Å²) in [6, 6.07) is 0. The molecule has 8 rings (SSSR count). The van der Waals surface area contributed by atoms with E-state index in [-0.39, 0.29) is 12.2 Å². The average molecular weight is 695 g/mol. The molecule has 8 saturated carbocycles. The standard InChI is InChI=1S/C44H70O4S/c1-27(2)35-13-15-37-33-11-9-29-25-31(17-21-41(29,5)39(33)19-23-43(35,37)7)47-49(45,46)48-32-18-22-42(6)30(26-32)10-12-34-38-16-14-36(28(3)4)44(38,8)24-20-40(34)42/h29-40H,1,3,9-26H2,2,4-8H3. The van der Waals surface area contributed by atoms with Gasteiger partial charge >= 0.3 is 10.4 Å². The van der Waals surface area contributed by atoms with E-state index in [4.69, 9.17) is 8.37 Å². The van der Waals surface area contributed by atoms with Gasteiger partial charge in [-0.05, 0) is 210 Å². The summed E-state index contributed by atoms with van der Waals surface area (Å²) in [7, 11) is -4.03. The van der Waals surface area contributed by atoms with E-state index in [0.29, 0.717) is 45.3 Å². The Labute approximate surface area is 300 Å². The molecule has 0 amide bonds. The Morgan fingerprint density at radius 1 is 0.510 bits per heavy atom. The predicted octanol–water partition coefficient (Wildman–Crippen LogP) is 11.5. The Hall–Kier alpha value is -0.650. The summed E-state index contributed by atoms with van der Waals surface area (Å²) in [6.45, 7) is 23.6. The van der Waals surface area contributed by atoms with Gasteiger partial charge in [0.2, 0.25) is 0 Å². The highest BCUT2D eigenvalue weighted by atomic mass is 32.3. The number of hydrogen-bond donors (Lipinski definition) is 0. The second-order valence-corrected chi connectivity index (χ2v) is 22.0. The van der Waals surface area contributed by atoms with Crippen molar-refractivity contribution in [2.24, 2.45) is 80.8 Å². The molecule has 0 heterocycles. The van der Waals surface area contributed by atoms with Crippen molar-refractivity contribution in [1.29, 1.82) is 0 Å². The van der Waals surface area contributed by atoms with Gasteiger partial charge in [-0.3, -0.25) is 0 Å². The van der Waals surface area contributed by atoms with Crippen LogP contribution in [-0.2, 0) is 18.8 Å². The Bertz CT molecular complexity index is 1340. The zero-order valence-electron chi connectivity index (χ0n) is 32.1. The minimum Gasteiger partial charge on any atom is -0.245 e. The maximum atomic E-state index is 13.5. The van der Waals surface area contributed by atoms with Crippen molar-refractivity contribution in [3.05, 3.63) is 24.3 Å². The largest absolute Gasteiger partial charge is 0.400 e. The van der Waals surface area contributed by atoms with Crippen LogP contribution in [0.3, 0.4) is 0 Å². The van der Waals surface area contributed by atoms with Gasteiger partial charge in [0.15, 0.2) is 0 Å². The van der Waals surface area contributed by atoms with E-state index in [0.717, 1.165) is 74.0 Å². The zero-order chi connectivity index (χ0) is 34.7. The molecule has 0 aromatic rings. The monoisotopic (exact) mass is 694 g/mol. The zero-order valence-corrected chi connectivity index (χ0v) is 32.9. The SMILES string of the molecule is C=C(C)C1CCC2C3CCC4CC(OS(=O)(=O)OC5CCC6(C)C(CCC7C6CCC6(C)C(C(=C)C)CCC76)C5)CCC4(C)C3CCC12C. The van der Waals surface area contributed by atoms with Gasteiger partial charge in [0.1, 0.15) is 0 Å². The van der Waals surface area contributed by atoms with Gasteiger partial charge in [0, 0.05) is 0 Å². The quantitative estimate of drug-likeness (QED) is 0.260. The summed E-state index contributed by atoms with van der Waals surface area (Å²) in [4.78, 5) is 0. The van der Waals surface area contributed by atoms with Crippen LogP contribution in [0.15, 0.2) is 24.3 Å². The van der Waals surface area contributed by atoms with Gasteiger partial charge in [-0.25, -0.2) is 8.37 Å². The first-order chi connectivity index (χ1) is 23.1. The smallest absolute Gasteiger partial charge is 0.245 e.